The normalized spacial score (nSPS) is 24.3. The molecule has 2 aliphatic heterocycles. The van der Waals surface area contributed by atoms with Gasteiger partial charge in [0.1, 0.15) is 73.2 Å². The fraction of sp³-hybridized carbons (Fsp3) is 0.839. The van der Waals surface area contributed by atoms with E-state index in [9.17, 15) is 143 Å². The van der Waals surface area contributed by atoms with Crippen LogP contribution in [0.5, 0.6) is 0 Å². The molecule has 0 radical (unpaired) electrons. The number of hydrogen-bond donors (Lipinski definition) is 28. The van der Waals surface area contributed by atoms with Crippen molar-refractivity contribution in [2.45, 2.75) is 369 Å². The van der Waals surface area contributed by atoms with Crippen LogP contribution in [0.1, 0.15) is 262 Å². The van der Waals surface area contributed by atoms with Crippen LogP contribution in [0.25, 0.3) is 0 Å². The van der Waals surface area contributed by atoms with Gasteiger partial charge in [-0.05, 0) is 61.1 Å². The van der Waals surface area contributed by atoms with Gasteiger partial charge in [-0.1, -0.05) is 206 Å². The van der Waals surface area contributed by atoms with E-state index < -0.39 is 284 Å². The molecule has 0 spiro atoms. The summed E-state index contributed by atoms with van der Waals surface area (Å²) >= 11 is 0. The first kappa shape index (κ1) is 113. The average Bonchev–Trinajstić information content (AvgIpc) is 0.770. The minimum atomic E-state index is -2.48. The van der Waals surface area contributed by atoms with E-state index in [4.69, 9.17) is 37.9 Å². The van der Waals surface area contributed by atoms with Gasteiger partial charge in [-0.3, -0.25) is 0 Å². The summed E-state index contributed by atoms with van der Waals surface area (Å²) in [7, 11) is 0. The first-order chi connectivity index (χ1) is 58.7. The van der Waals surface area contributed by atoms with Gasteiger partial charge in [-0.25, -0.2) is 0 Å². The number of aliphatic hydroxyl groups is 28. The summed E-state index contributed by atoms with van der Waals surface area (Å²) in [6, 6.07) is 5.20. The number of hydrogen-bond acceptors (Lipinski definition) is 36. The molecule has 0 bridgehead atoms. The summed E-state index contributed by atoms with van der Waals surface area (Å²) in [5, 5.41) is 308. The maximum absolute atomic E-state index is 12.0. The molecule has 0 saturated carbocycles. The predicted molar refractivity (Wildman–Crippen MR) is 448 cm³/mol. The van der Waals surface area contributed by atoms with Gasteiger partial charge in [0.05, 0.1) is 52.9 Å². The van der Waals surface area contributed by atoms with E-state index in [-0.39, 0.29) is 50.5 Å². The molecular weight excluding hydrogens is 1620 g/mol. The van der Waals surface area contributed by atoms with Crippen LogP contribution in [-0.2, 0) is 50.7 Å². The summed E-state index contributed by atoms with van der Waals surface area (Å²) in [4.78, 5) is 0. The van der Waals surface area contributed by atoms with Gasteiger partial charge in [0.2, 0.25) is 25.2 Å². The molecule has 720 valence electrons. The van der Waals surface area contributed by atoms with Crippen molar-refractivity contribution in [2.24, 2.45) is 16.2 Å². The van der Waals surface area contributed by atoms with Gasteiger partial charge in [-0.2, -0.15) is 0 Å². The van der Waals surface area contributed by atoms with E-state index in [2.05, 4.69) is 13.8 Å². The Morgan fingerprint density at radius 3 is 0.919 bits per heavy atom. The fourth-order valence-electron chi connectivity index (χ4n) is 15.9. The van der Waals surface area contributed by atoms with Gasteiger partial charge < -0.3 is 181 Å². The van der Waals surface area contributed by atoms with Crippen LogP contribution >= 0.6 is 0 Å². The second-order valence-corrected chi connectivity index (χ2v) is 33.7. The molecule has 2 heterocycles. The SMILES string of the molecule is CCCCCCCCCCCC(CO[C@H](O)/C(O)=C(/O)[C@H](O)CCO)(CO[C@H](O)/C(O)=C(\O)[C@H](O)CCO)Cc1cc(CC(CCC)(CO[C@@H]2OC(CO)[C@@H](O)C(O)C2O)CO[C@@H]2OC(CO)[C@@H](O)C(O)C2O)cc(C(CCCCCCCC)C(CCCCCCCCCCC)(CO[C@H](O)/C(O)=C(/O)[C@H](O)CCO)CO[C@H](O)/C(O)=C(\O)[C@H](O)CCO)c1. The molecular formula is C87H156O36. The number of aliphatic hydroxyl groups excluding tert-OH is 28. The molecule has 36 heteroatoms. The van der Waals surface area contributed by atoms with E-state index >= 15 is 0 Å². The monoisotopic (exact) mass is 1780 g/mol. The lowest BCUT2D eigenvalue weighted by molar-refractivity contribution is -0.318. The molecule has 1 aromatic carbocycles. The minimum absolute atomic E-state index is 0.0110. The van der Waals surface area contributed by atoms with Crippen LogP contribution in [0.4, 0.5) is 0 Å². The van der Waals surface area contributed by atoms with Crippen molar-refractivity contribution in [1.82, 2.24) is 0 Å². The van der Waals surface area contributed by atoms with Crippen molar-refractivity contribution in [3.8, 4) is 0 Å². The summed E-state index contributed by atoms with van der Waals surface area (Å²) in [5.41, 5.74) is -4.06. The summed E-state index contributed by atoms with van der Waals surface area (Å²) in [6.45, 7) is -0.553. The Labute approximate surface area is 723 Å². The lowest BCUT2D eigenvalue weighted by atomic mass is 9.66. The largest absolute Gasteiger partial charge is 0.506 e. The molecule has 0 aliphatic carbocycles. The van der Waals surface area contributed by atoms with E-state index in [0.29, 0.717) is 68.9 Å². The molecule has 123 heavy (non-hydrogen) atoms. The van der Waals surface area contributed by atoms with Crippen LogP contribution in [0, 0.1) is 16.2 Å². The van der Waals surface area contributed by atoms with E-state index in [1.54, 1.807) is 25.1 Å². The standard InChI is InChI=1S/C87H156O36/c1-5-9-12-15-18-20-22-25-28-36-86(49-116-79(112)73(106)65(98)59(94)31-38-88,50-117-80(113)74(107)66(99)60(95)32-39-89)46-56-42-55(45-85(35-8-4,51-120-83-77(110)71(104)69(102)63(47-92)122-83)52-121-84-78(111)72(105)70(103)64(48-93)123-84)43-57(44-56)58(30-27-24-17-14-11-7-3)87(37-29-26-23-21-19-16-13-10-6-2,53-118-81(114)75(108)67(100)61(96)33-40-90)54-119-82(115)76(109)68(101)62(97)34-41-91/h42-44,58-64,69-72,77-84,88-115H,5-41,45-54H2,1-4H3/b73-65-,74-66+,75-67-,76-68+/t58?,59-,60-,61-,62-,63?,64?,69-,70-,71?,72?,77?,78?,79+,80+,81+,82+,83-,84-,85?,86?,87?/m1/s1. The molecule has 0 aromatic heterocycles. The van der Waals surface area contributed by atoms with E-state index in [0.717, 1.165) is 96.3 Å². The molecule has 0 amide bonds. The minimum Gasteiger partial charge on any atom is -0.506 e. The smallest absolute Gasteiger partial charge is 0.217 e. The topological polar surface area (TPSA) is 640 Å². The maximum atomic E-state index is 12.0. The first-order valence-corrected chi connectivity index (χ1v) is 44.5. The molecule has 2 aliphatic rings. The number of benzene rings is 1. The van der Waals surface area contributed by atoms with Crippen LogP contribution in [0.2, 0.25) is 0 Å². The molecule has 36 nitrogen and oxygen atoms in total. The van der Waals surface area contributed by atoms with Crippen LogP contribution in [0.3, 0.4) is 0 Å². The van der Waals surface area contributed by atoms with Gasteiger partial charge in [0.15, 0.2) is 58.7 Å². The summed E-state index contributed by atoms with van der Waals surface area (Å²) in [6.07, 6.45) is -19.6. The van der Waals surface area contributed by atoms with Crippen molar-refractivity contribution in [2.75, 3.05) is 79.3 Å². The highest BCUT2D eigenvalue weighted by atomic mass is 16.7. The Morgan fingerprint density at radius 2 is 0.610 bits per heavy atom. The van der Waals surface area contributed by atoms with Crippen molar-refractivity contribution < 1.29 is 181 Å². The highest BCUT2D eigenvalue weighted by Crippen LogP contribution is 2.48. The Hall–Kier alpha value is -4.54. The molecule has 3 rings (SSSR count). The predicted octanol–water partition coefficient (Wildman–Crippen LogP) is 5.46. The summed E-state index contributed by atoms with van der Waals surface area (Å²) < 4.78 is 49.6. The van der Waals surface area contributed by atoms with Gasteiger partial charge in [-0.15, -0.1) is 0 Å². The van der Waals surface area contributed by atoms with Crippen molar-refractivity contribution in [1.29, 1.82) is 0 Å². The first-order valence-electron chi connectivity index (χ1n) is 44.5. The van der Waals surface area contributed by atoms with Crippen LogP contribution in [-0.4, -0.2) is 333 Å². The van der Waals surface area contributed by atoms with Crippen LogP contribution in [0.15, 0.2) is 64.3 Å². The Bertz CT molecular complexity index is 2950. The number of ether oxygens (including phenoxy) is 8. The zero-order chi connectivity index (χ0) is 91.8. The molecule has 2 saturated heterocycles. The van der Waals surface area contributed by atoms with Gasteiger partial charge in [0.25, 0.3) is 0 Å². The fourth-order valence-corrected chi connectivity index (χ4v) is 15.9. The molecule has 21 atom stereocenters. The number of rotatable bonds is 71. The third kappa shape index (κ3) is 37.8. The van der Waals surface area contributed by atoms with Crippen LogP contribution < -0.4 is 0 Å². The second-order valence-electron chi connectivity index (χ2n) is 33.7. The Morgan fingerprint density at radius 1 is 0.317 bits per heavy atom. The Kier molecular flexibility index (Phi) is 56.0. The highest BCUT2D eigenvalue weighted by Gasteiger charge is 2.49. The molecule has 2 fully saturated rings. The molecule has 9 unspecified atom stereocenters. The zero-order valence-corrected chi connectivity index (χ0v) is 72.7. The second kappa shape index (κ2) is 61.1. The van der Waals surface area contributed by atoms with Crippen molar-refractivity contribution in [3.05, 3.63) is 81.0 Å². The summed E-state index contributed by atoms with van der Waals surface area (Å²) in [5.74, 6) is -10.9. The molecule has 1 aromatic rings. The van der Waals surface area contributed by atoms with E-state index in [1.807, 2.05) is 6.92 Å². The third-order valence-corrected chi connectivity index (χ3v) is 23.4. The number of unbranched alkanes of at least 4 members (excludes halogenated alkanes) is 21. The van der Waals surface area contributed by atoms with Gasteiger partial charge >= 0.3 is 0 Å². The average molecular weight is 1780 g/mol. The van der Waals surface area contributed by atoms with E-state index in [1.165, 1.54) is 0 Å². The third-order valence-electron chi connectivity index (χ3n) is 23.4. The highest BCUT2D eigenvalue weighted by molar-refractivity contribution is 5.36. The maximum Gasteiger partial charge on any atom is 0.217 e. The van der Waals surface area contributed by atoms with Gasteiger partial charge in [0, 0.05) is 68.4 Å². The van der Waals surface area contributed by atoms with Crippen molar-refractivity contribution >= 4 is 0 Å². The zero-order valence-electron chi connectivity index (χ0n) is 72.7. The lowest BCUT2D eigenvalue weighted by Gasteiger charge is -2.44. The quantitative estimate of drug-likeness (QED) is 0.0218. The lowest BCUT2D eigenvalue weighted by Crippen LogP contribution is -2.60. The molecule has 28 N–H and O–H groups in total. The van der Waals surface area contributed by atoms with Crippen molar-refractivity contribution in [3.63, 3.8) is 0 Å². The Balaban J connectivity index is 2.94.